The van der Waals surface area contributed by atoms with Gasteiger partial charge in [0, 0.05) is 25.1 Å². The van der Waals surface area contributed by atoms with Gasteiger partial charge in [0.1, 0.15) is 11.6 Å². The van der Waals surface area contributed by atoms with Crippen LogP contribution in [0.15, 0.2) is 66.7 Å². The number of fused-ring (bicyclic) bond motifs is 2. The first kappa shape index (κ1) is 31.8. The van der Waals surface area contributed by atoms with E-state index in [0.29, 0.717) is 25.1 Å². The number of benzene rings is 2. The summed E-state index contributed by atoms with van der Waals surface area (Å²) in [6, 6.07) is 17.0. The van der Waals surface area contributed by atoms with Crippen molar-refractivity contribution in [2.45, 2.75) is 68.3 Å². The average molecular weight is 649 g/mol. The van der Waals surface area contributed by atoms with Crippen LogP contribution in [0, 0.1) is 17.8 Å². The Labute approximate surface area is 269 Å². The molecule has 11 nitrogen and oxygen atoms in total. The maximum Gasteiger partial charge on any atom is 0.411 e. The third kappa shape index (κ3) is 6.81. The molecule has 3 saturated carbocycles. The van der Waals surface area contributed by atoms with Crippen molar-refractivity contribution in [1.29, 1.82) is 0 Å². The van der Waals surface area contributed by atoms with Crippen LogP contribution in [-0.4, -0.2) is 67.6 Å². The molecule has 5 atom stereocenters. The molecular formula is C34H40N4O7S. The summed E-state index contributed by atoms with van der Waals surface area (Å²) in [5.74, 6) is -3.52. The van der Waals surface area contributed by atoms with E-state index in [1.165, 1.54) is 0 Å². The van der Waals surface area contributed by atoms with E-state index in [1.807, 2.05) is 60.7 Å². The number of carbonyl (C=O) groups excluding carboxylic acids is 4. The predicted octanol–water partition coefficient (Wildman–Crippen LogP) is 3.98. The van der Waals surface area contributed by atoms with Crippen LogP contribution in [0.5, 0.6) is 0 Å². The molecule has 46 heavy (non-hydrogen) atoms. The lowest BCUT2D eigenvalue weighted by Crippen LogP contribution is -2.54. The number of allylic oxidation sites excluding steroid dienone is 1. The maximum atomic E-state index is 13.9. The Morgan fingerprint density at radius 1 is 0.978 bits per heavy atom. The predicted molar refractivity (Wildman–Crippen MR) is 172 cm³/mol. The summed E-state index contributed by atoms with van der Waals surface area (Å²) >= 11 is 0. The van der Waals surface area contributed by atoms with E-state index in [0.717, 1.165) is 30.4 Å². The molecule has 1 aliphatic heterocycles. The van der Waals surface area contributed by atoms with E-state index >= 15 is 0 Å². The van der Waals surface area contributed by atoms with E-state index in [-0.39, 0.29) is 31.1 Å². The van der Waals surface area contributed by atoms with Crippen LogP contribution in [0.25, 0.3) is 11.1 Å². The Morgan fingerprint density at radius 2 is 1.70 bits per heavy atom. The summed E-state index contributed by atoms with van der Waals surface area (Å²) in [6.45, 7) is 0.522. The summed E-state index contributed by atoms with van der Waals surface area (Å²) < 4.78 is 33.3. The smallest absolute Gasteiger partial charge is 0.411 e. The molecule has 4 amide bonds. The first-order valence-corrected chi connectivity index (χ1v) is 17.5. The molecular weight excluding hydrogens is 608 g/mol. The van der Waals surface area contributed by atoms with Gasteiger partial charge < -0.3 is 15.0 Å². The Morgan fingerprint density at radius 3 is 2.46 bits per heavy atom. The van der Waals surface area contributed by atoms with Crippen molar-refractivity contribution in [3.8, 4) is 11.1 Å². The number of para-hydroxylation sites is 1. The fourth-order valence-electron chi connectivity index (χ4n) is 6.64. The molecule has 3 fully saturated rings. The molecule has 0 bridgehead atoms. The number of hydrogen-bond acceptors (Lipinski definition) is 7. The van der Waals surface area contributed by atoms with Crippen molar-refractivity contribution in [3.63, 3.8) is 0 Å². The molecule has 0 radical (unpaired) electrons. The average Bonchev–Trinajstić information content (AvgIpc) is 3.96. The topological polar surface area (TPSA) is 151 Å². The van der Waals surface area contributed by atoms with Gasteiger partial charge in [-0.3, -0.25) is 24.4 Å². The van der Waals surface area contributed by atoms with Gasteiger partial charge in [-0.1, -0.05) is 60.7 Å². The van der Waals surface area contributed by atoms with Crippen molar-refractivity contribution in [2.75, 3.05) is 18.9 Å². The van der Waals surface area contributed by atoms with Crippen LogP contribution in [0.1, 0.15) is 51.4 Å². The number of ether oxygens (including phenoxy) is 1. The number of carbonyl (C=O) groups is 4. The minimum absolute atomic E-state index is 0.0857. The highest BCUT2D eigenvalue weighted by atomic mass is 32.2. The summed E-state index contributed by atoms with van der Waals surface area (Å²) in [5, 5.41) is 5.08. The highest BCUT2D eigenvalue weighted by molar-refractivity contribution is 7.91. The molecule has 3 aliphatic carbocycles. The SMILES string of the molecule is CN1CCCC/C=C/C2CC2(C(=O)NS(=O)(=O)C2CC2)NC(=O)C2CC(OC(=O)Nc3ccccc3-c3ccccc3)CC2C1=O. The normalized spacial score (nSPS) is 28.9. The molecule has 0 aromatic heterocycles. The molecule has 3 N–H and O–H groups in total. The molecule has 4 aliphatic rings. The Hall–Kier alpha value is -4.19. The first-order chi connectivity index (χ1) is 22.1. The monoisotopic (exact) mass is 648 g/mol. The highest BCUT2D eigenvalue weighted by Crippen LogP contribution is 2.47. The molecule has 2 aromatic carbocycles. The van der Waals surface area contributed by atoms with Crippen molar-refractivity contribution < 1.29 is 32.3 Å². The van der Waals surface area contributed by atoms with Crippen LogP contribution in [0.2, 0.25) is 0 Å². The van der Waals surface area contributed by atoms with E-state index < -0.39 is 56.7 Å². The van der Waals surface area contributed by atoms with E-state index in [2.05, 4.69) is 15.4 Å². The number of sulfonamides is 1. The third-order valence-corrected chi connectivity index (χ3v) is 11.3. The van der Waals surface area contributed by atoms with Gasteiger partial charge in [0.15, 0.2) is 0 Å². The second kappa shape index (κ2) is 12.9. The molecule has 2 aromatic rings. The number of rotatable bonds is 6. The van der Waals surface area contributed by atoms with Crippen LogP contribution in [0.3, 0.4) is 0 Å². The molecule has 0 saturated heterocycles. The van der Waals surface area contributed by atoms with Crippen LogP contribution < -0.4 is 15.4 Å². The van der Waals surface area contributed by atoms with Gasteiger partial charge in [-0.2, -0.15) is 0 Å². The van der Waals surface area contributed by atoms with Gasteiger partial charge in [-0.05, 0) is 63.0 Å². The third-order valence-electron chi connectivity index (χ3n) is 9.52. The molecule has 1 heterocycles. The van der Waals surface area contributed by atoms with Gasteiger partial charge in [-0.15, -0.1) is 0 Å². The van der Waals surface area contributed by atoms with Crippen molar-refractivity contribution >= 4 is 39.5 Å². The second-order valence-corrected chi connectivity index (χ2v) is 14.8. The van der Waals surface area contributed by atoms with E-state index in [1.54, 1.807) is 18.0 Å². The number of anilines is 1. The van der Waals surface area contributed by atoms with Gasteiger partial charge in [0.25, 0.3) is 5.91 Å². The summed E-state index contributed by atoms with van der Waals surface area (Å²) in [4.78, 5) is 55.8. The molecule has 244 valence electrons. The van der Waals surface area contributed by atoms with Gasteiger partial charge in [0.2, 0.25) is 21.8 Å². The summed E-state index contributed by atoms with van der Waals surface area (Å²) in [7, 11) is -2.13. The van der Waals surface area contributed by atoms with Crippen LogP contribution in [0.4, 0.5) is 10.5 Å². The first-order valence-electron chi connectivity index (χ1n) is 16.0. The van der Waals surface area contributed by atoms with Gasteiger partial charge >= 0.3 is 6.09 Å². The zero-order valence-corrected chi connectivity index (χ0v) is 26.6. The van der Waals surface area contributed by atoms with Crippen molar-refractivity contribution in [3.05, 3.63) is 66.7 Å². The lowest BCUT2D eigenvalue weighted by atomic mass is 9.93. The van der Waals surface area contributed by atoms with Crippen LogP contribution >= 0.6 is 0 Å². The quantitative estimate of drug-likeness (QED) is 0.401. The van der Waals surface area contributed by atoms with Crippen molar-refractivity contribution in [2.24, 2.45) is 17.8 Å². The standard InChI is InChI=1S/C34H40N4O7S/c1-38-18-10-3-2-7-13-23-21-34(23,32(41)37-46(43,44)25-16-17-25)36-30(39)27-19-24(20-28(27)31(38)40)45-33(42)35-29-15-9-8-14-26(29)22-11-5-4-6-12-22/h4-9,11-15,23-25,27-28H,2-3,10,16-21H2,1H3,(H,35,42)(H,36,39)(H,37,41)/b13-7+. The molecule has 12 heteroatoms. The fraction of sp³-hybridized carbons (Fsp3) is 0.471. The molecule has 0 spiro atoms. The lowest BCUT2D eigenvalue weighted by Gasteiger charge is -2.26. The summed E-state index contributed by atoms with van der Waals surface area (Å²) in [6.07, 6.45) is 6.20. The number of nitrogens with zero attached hydrogens (tertiary/aromatic N) is 1. The Kier molecular flexibility index (Phi) is 8.91. The zero-order chi connectivity index (χ0) is 32.5. The second-order valence-electron chi connectivity index (χ2n) is 12.9. The Balaban J connectivity index is 1.20. The fourth-order valence-corrected chi connectivity index (χ4v) is 8.01. The molecule has 6 rings (SSSR count). The largest absolute Gasteiger partial charge is 0.446 e. The summed E-state index contributed by atoms with van der Waals surface area (Å²) in [5.41, 5.74) is 0.878. The lowest BCUT2D eigenvalue weighted by molar-refractivity contribution is -0.140. The number of amides is 4. The zero-order valence-electron chi connectivity index (χ0n) is 25.8. The number of hydrogen-bond donors (Lipinski definition) is 3. The Bertz CT molecular complexity index is 1640. The minimum Gasteiger partial charge on any atom is -0.446 e. The van der Waals surface area contributed by atoms with Gasteiger partial charge in [0.05, 0.1) is 22.8 Å². The van der Waals surface area contributed by atoms with E-state index in [4.69, 9.17) is 4.74 Å². The maximum absolute atomic E-state index is 13.9. The van der Waals surface area contributed by atoms with Crippen molar-refractivity contribution in [1.82, 2.24) is 14.9 Å². The van der Waals surface area contributed by atoms with Gasteiger partial charge in [-0.25, -0.2) is 13.2 Å². The molecule has 5 unspecified atom stereocenters. The highest BCUT2D eigenvalue weighted by Gasteiger charge is 2.62. The van der Waals surface area contributed by atoms with Crippen LogP contribution in [-0.2, 0) is 29.1 Å². The van der Waals surface area contributed by atoms with E-state index in [9.17, 15) is 27.6 Å². The minimum atomic E-state index is -3.83. The number of nitrogens with one attached hydrogen (secondary N) is 3.